The molecule has 8 heteroatoms. The van der Waals surface area contributed by atoms with E-state index in [9.17, 15) is 9.59 Å². The number of halogens is 2. The quantitative estimate of drug-likeness (QED) is 0.686. The van der Waals surface area contributed by atoms with Crippen LogP contribution in [0.15, 0.2) is 30.3 Å². The minimum Gasteiger partial charge on any atom is -0.493 e. The van der Waals surface area contributed by atoms with Crippen LogP contribution in [-0.2, 0) is 22.6 Å². The maximum Gasteiger partial charge on any atom is 0.251 e. The maximum absolute atomic E-state index is 13.1. The van der Waals surface area contributed by atoms with Crippen molar-refractivity contribution in [3.63, 3.8) is 0 Å². The van der Waals surface area contributed by atoms with Crippen LogP contribution < -0.4 is 14.4 Å². The van der Waals surface area contributed by atoms with Crippen LogP contribution in [0.1, 0.15) is 17.5 Å². The Hall–Kier alpha value is -2.28. The standard InChI is InChI=1S/C21H20Cl2N2O4/c1-28-18-5-12-3-4-24(11-13(12)6-19(18)29-2)17-10-20(26)25(21(17)27)16-8-14(22)7-15(23)9-16/h5-9,17H,3-4,10-11H2,1-2H3/t17-/m1/s1. The van der Waals surface area contributed by atoms with E-state index in [2.05, 4.69) is 0 Å². The second-order valence-electron chi connectivity index (χ2n) is 7.11. The van der Waals surface area contributed by atoms with Crippen molar-refractivity contribution in [3.8, 4) is 11.5 Å². The number of hydrogen-bond donors (Lipinski definition) is 0. The van der Waals surface area contributed by atoms with Gasteiger partial charge in [-0.1, -0.05) is 23.2 Å². The number of carbonyl (C=O) groups is 2. The minimum absolute atomic E-state index is 0.131. The van der Waals surface area contributed by atoms with Gasteiger partial charge in [-0.25, -0.2) is 4.90 Å². The van der Waals surface area contributed by atoms with E-state index < -0.39 is 6.04 Å². The number of rotatable bonds is 4. The molecule has 2 aromatic rings. The Balaban J connectivity index is 1.59. The van der Waals surface area contributed by atoms with E-state index in [0.29, 0.717) is 40.3 Å². The van der Waals surface area contributed by atoms with Gasteiger partial charge in [0, 0.05) is 23.1 Å². The van der Waals surface area contributed by atoms with E-state index in [-0.39, 0.29) is 18.2 Å². The number of carbonyl (C=O) groups excluding carboxylic acids is 2. The summed E-state index contributed by atoms with van der Waals surface area (Å²) >= 11 is 12.1. The summed E-state index contributed by atoms with van der Waals surface area (Å²) in [6.07, 6.45) is 0.891. The molecule has 1 saturated heterocycles. The number of amides is 2. The summed E-state index contributed by atoms with van der Waals surface area (Å²) in [5, 5.41) is 0.758. The van der Waals surface area contributed by atoms with Gasteiger partial charge >= 0.3 is 0 Å². The van der Waals surface area contributed by atoms with Gasteiger partial charge in [0.15, 0.2) is 11.5 Å². The third kappa shape index (κ3) is 3.68. The van der Waals surface area contributed by atoms with Crippen molar-refractivity contribution in [2.45, 2.75) is 25.4 Å². The number of methoxy groups -OCH3 is 2. The van der Waals surface area contributed by atoms with E-state index in [0.717, 1.165) is 17.5 Å². The lowest BCUT2D eigenvalue weighted by Crippen LogP contribution is -2.44. The number of fused-ring (bicyclic) bond motifs is 1. The van der Waals surface area contributed by atoms with E-state index in [1.807, 2.05) is 17.0 Å². The lowest BCUT2D eigenvalue weighted by molar-refractivity contribution is -0.123. The van der Waals surface area contributed by atoms with Crippen LogP contribution in [-0.4, -0.2) is 43.5 Å². The van der Waals surface area contributed by atoms with Crippen molar-refractivity contribution in [2.24, 2.45) is 0 Å². The summed E-state index contributed by atoms with van der Waals surface area (Å²) in [6, 6.07) is 8.13. The molecule has 0 aromatic heterocycles. The highest BCUT2D eigenvalue weighted by Gasteiger charge is 2.43. The maximum atomic E-state index is 13.1. The predicted octanol–water partition coefficient (Wildman–Crippen LogP) is 3.70. The van der Waals surface area contributed by atoms with Crippen molar-refractivity contribution in [3.05, 3.63) is 51.5 Å². The van der Waals surface area contributed by atoms with Crippen molar-refractivity contribution >= 4 is 40.7 Å². The lowest BCUT2D eigenvalue weighted by atomic mass is 9.97. The van der Waals surface area contributed by atoms with E-state index in [4.69, 9.17) is 32.7 Å². The van der Waals surface area contributed by atoms with E-state index in [1.54, 1.807) is 32.4 Å². The van der Waals surface area contributed by atoms with Crippen molar-refractivity contribution in [2.75, 3.05) is 25.7 Å². The van der Waals surface area contributed by atoms with Crippen LogP contribution in [0.4, 0.5) is 5.69 Å². The van der Waals surface area contributed by atoms with Gasteiger partial charge in [-0.2, -0.15) is 0 Å². The Labute approximate surface area is 178 Å². The van der Waals surface area contributed by atoms with E-state index in [1.165, 1.54) is 4.90 Å². The molecule has 2 aromatic carbocycles. The third-order valence-electron chi connectivity index (χ3n) is 5.42. The molecule has 1 fully saturated rings. The first-order valence-electron chi connectivity index (χ1n) is 9.22. The zero-order valence-corrected chi connectivity index (χ0v) is 17.6. The SMILES string of the molecule is COc1cc2c(cc1OC)CN([C@@H]1CC(=O)N(c3cc(Cl)cc(Cl)c3)C1=O)CC2. The van der Waals surface area contributed by atoms with Gasteiger partial charge in [0.25, 0.3) is 5.91 Å². The molecule has 0 unspecified atom stereocenters. The number of ether oxygens (including phenoxy) is 2. The Morgan fingerprint density at radius 1 is 0.931 bits per heavy atom. The third-order valence-corrected chi connectivity index (χ3v) is 5.85. The first-order chi connectivity index (χ1) is 13.9. The molecule has 2 amide bonds. The molecule has 29 heavy (non-hydrogen) atoms. The molecule has 0 saturated carbocycles. The second-order valence-corrected chi connectivity index (χ2v) is 7.98. The Bertz CT molecular complexity index is 975. The summed E-state index contributed by atoms with van der Waals surface area (Å²) in [7, 11) is 3.21. The number of imide groups is 1. The Kier molecular flexibility index (Phi) is 5.42. The molecule has 0 spiro atoms. The van der Waals surface area contributed by atoms with Crippen molar-refractivity contribution in [1.82, 2.24) is 4.90 Å². The second kappa shape index (κ2) is 7.86. The van der Waals surface area contributed by atoms with Gasteiger partial charge in [0.1, 0.15) is 0 Å². The topological polar surface area (TPSA) is 59.1 Å². The van der Waals surface area contributed by atoms with Crippen molar-refractivity contribution < 1.29 is 19.1 Å². The molecule has 0 aliphatic carbocycles. The average Bonchev–Trinajstić information content (AvgIpc) is 2.99. The predicted molar refractivity (Wildman–Crippen MR) is 111 cm³/mol. The van der Waals surface area contributed by atoms with Crippen LogP contribution in [0.3, 0.4) is 0 Å². The largest absolute Gasteiger partial charge is 0.493 e. The molecule has 2 aliphatic heterocycles. The fraction of sp³-hybridized carbons (Fsp3) is 0.333. The molecule has 1 atom stereocenters. The fourth-order valence-electron chi connectivity index (χ4n) is 4.01. The molecule has 2 heterocycles. The number of hydrogen-bond acceptors (Lipinski definition) is 5. The monoisotopic (exact) mass is 434 g/mol. The summed E-state index contributed by atoms with van der Waals surface area (Å²) in [5.41, 5.74) is 2.64. The Morgan fingerprint density at radius 3 is 2.17 bits per heavy atom. The fourth-order valence-corrected chi connectivity index (χ4v) is 4.53. The molecular weight excluding hydrogens is 415 g/mol. The summed E-state index contributed by atoms with van der Waals surface area (Å²) in [6.45, 7) is 1.24. The minimum atomic E-state index is -0.512. The number of anilines is 1. The average molecular weight is 435 g/mol. The Morgan fingerprint density at radius 2 is 1.55 bits per heavy atom. The molecular formula is C21H20Cl2N2O4. The molecule has 152 valence electrons. The van der Waals surface area contributed by atoms with Gasteiger partial charge in [0.05, 0.1) is 32.4 Å². The lowest BCUT2D eigenvalue weighted by Gasteiger charge is -2.32. The van der Waals surface area contributed by atoms with Crippen molar-refractivity contribution in [1.29, 1.82) is 0 Å². The van der Waals surface area contributed by atoms with Gasteiger partial charge in [-0.3, -0.25) is 14.5 Å². The zero-order chi connectivity index (χ0) is 20.7. The zero-order valence-electron chi connectivity index (χ0n) is 16.1. The highest BCUT2D eigenvalue weighted by Crippen LogP contribution is 2.36. The van der Waals surface area contributed by atoms with Crippen LogP contribution >= 0.6 is 23.2 Å². The first-order valence-corrected chi connectivity index (χ1v) is 9.97. The molecule has 6 nitrogen and oxygen atoms in total. The van der Waals surface area contributed by atoms with Gasteiger partial charge in [0.2, 0.25) is 5.91 Å². The van der Waals surface area contributed by atoms with E-state index >= 15 is 0 Å². The van der Waals surface area contributed by atoms with Gasteiger partial charge < -0.3 is 9.47 Å². The summed E-state index contributed by atoms with van der Waals surface area (Å²) in [4.78, 5) is 29.0. The summed E-state index contributed by atoms with van der Waals surface area (Å²) < 4.78 is 10.8. The smallest absolute Gasteiger partial charge is 0.251 e. The van der Waals surface area contributed by atoms with Crippen LogP contribution in [0.2, 0.25) is 10.0 Å². The highest BCUT2D eigenvalue weighted by molar-refractivity contribution is 6.35. The molecule has 0 N–H and O–H groups in total. The summed E-state index contributed by atoms with van der Waals surface area (Å²) in [5.74, 6) is 0.835. The molecule has 4 rings (SSSR count). The van der Waals surface area contributed by atoms with Gasteiger partial charge in [-0.05, 0) is 47.9 Å². The molecule has 2 aliphatic rings. The number of benzene rings is 2. The molecule has 0 bridgehead atoms. The van der Waals surface area contributed by atoms with Crippen LogP contribution in [0.5, 0.6) is 11.5 Å². The van der Waals surface area contributed by atoms with Gasteiger partial charge in [-0.15, -0.1) is 0 Å². The van der Waals surface area contributed by atoms with Crippen LogP contribution in [0, 0.1) is 0 Å². The number of nitrogens with zero attached hydrogens (tertiary/aromatic N) is 2. The highest BCUT2D eigenvalue weighted by atomic mass is 35.5. The van der Waals surface area contributed by atoms with Crippen LogP contribution in [0.25, 0.3) is 0 Å². The molecule has 0 radical (unpaired) electrons. The normalized spacial score (nSPS) is 19.4. The first kappa shape index (κ1) is 20.0.